The molecule has 3 aromatic rings. The number of hydrogen-bond acceptors (Lipinski definition) is 6. The fourth-order valence-electron chi connectivity index (χ4n) is 3.18. The van der Waals surface area contributed by atoms with Gasteiger partial charge in [0.25, 0.3) is 0 Å². The number of carbonyl (C=O) groups excluding carboxylic acids is 1. The predicted octanol–water partition coefficient (Wildman–Crippen LogP) is 2.87. The quantitative estimate of drug-likeness (QED) is 0.716. The minimum absolute atomic E-state index is 0.00483. The van der Waals surface area contributed by atoms with Crippen molar-refractivity contribution in [3.05, 3.63) is 58.9 Å². The van der Waals surface area contributed by atoms with Crippen LogP contribution in [0.5, 0.6) is 0 Å². The lowest BCUT2D eigenvalue weighted by Crippen LogP contribution is -2.51. The number of carbonyl (C=O) groups is 1. The highest BCUT2D eigenvalue weighted by Crippen LogP contribution is 2.28. The molecular formula is C20H20FN5OS. The summed E-state index contributed by atoms with van der Waals surface area (Å²) in [5.41, 5.74) is 8.67. The molecule has 0 bridgehead atoms. The zero-order valence-corrected chi connectivity index (χ0v) is 16.2. The van der Waals surface area contributed by atoms with E-state index in [2.05, 4.69) is 15.0 Å². The lowest BCUT2D eigenvalue weighted by molar-refractivity contribution is -0.136. The van der Waals surface area contributed by atoms with Crippen LogP contribution in [0.1, 0.15) is 17.1 Å². The number of nitrogen functional groups attached to an aromatic ring is 1. The van der Waals surface area contributed by atoms with Crippen LogP contribution < -0.4 is 5.73 Å². The molecular weight excluding hydrogens is 377 g/mol. The van der Waals surface area contributed by atoms with E-state index in [1.54, 1.807) is 23.1 Å². The number of nitrogens with two attached hydrogens (primary N) is 1. The topological polar surface area (TPSA) is 85.0 Å². The second-order valence-corrected chi connectivity index (χ2v) is 8.09. The van der Waals surface area contributed by atoms with Gasteiger partial charge in [-0.1, -0.05) is 0 Å². The summed E-state index contributed by atoms with van der Waals surface area (Å²) in [4.78, 5) is 28.2. The van der Waals surface area contributed by atoms with Crippen molar-refractivity contribution >= 4 is 22.9 Å². The molecule has 1 aliphatic heterocycles. The van der Waals surface area contributed by atoms with E-state index in [4.69, 9.17) is 5.73 Å². The van der Waals surface area contributed by atoms with Gasteiger partial charge in [-0.15, -0.1) is 11.3 Å². The number of hydrogen-bond donors (Lipinski definition) is 1. The Labute approximate surface area is 166 Å². The van der Waals surface area contributed by atoms with Gasteiger partial charge in [0.05, 0.1) is 28.4 Å². The standard InChI is InChI=1S/C20H20FN5OS/c1-12-8-23-19(24-9-12)6-13-10-26(11-13)20(27)7-16-14(22)2-3-15(25-16)17-4-5-18(21)28-17/h2-5,8-9,13H,6-7,10-11,22H2,1H3. The van der Waals surface area contributed by atoms with Gasteiger partial charge in [0.2, 0.25) is 5.91 Å². The van der Waals surface area contributed by atoms with Crippen molar-refractivity contribution in [2.75, 3.05) is 18.8 Å². The lowest BCUT2D eigenvalue weighted by Gasteiger charge is -2.39. The minimum atomic E-state index is -0.268. The fraction of sp³-hybridized carbons (Fsp3) is 0.300. The molecule has 8 heteroatoms. The maximum atomic E-state index is 13.3. The summed E-state index contributed by atoms with van der Waals surface area (Å²) in [7, 11) is 0. The van der Waals surface area contributed by atoms with Gasteiger partial charge in [-0.2, -0.15) is 4.39 Å². The van der Waals surface area contributed by atoms with Crippen LogP contribution in [-0.2, 0) is 17.6 Å². The monoisotopic (exact) mass is 397 g/mol. The molecule has 4 rings (SSSR count). The molecule has 1 aliphatic rings. The lowest BCUT2D eigenvalue weighted by atomic mass is 9.95. The number of likely N-dealkylation sites (tertiary alicyclic amines) is 1. The van der Waals surface area contributed by atoms with E-state index in [-0.39, 0.29) is 17.5 Å². The maximum Gasteiger partial charge on any atom is 0.228 e. The summed E-state index contributed by atoms with van der Waals surface area (Å²) < 4.78 is 13.3. The van der Waals surface area contributed by atoms with Gasteiger partial charge < -0.3 is 10.6 Å². The van der Waals surface area contributed by atoms with Crippen LogP contribution in [0.4, 0.5) is 10.1 Å². The third kappa shape index (κ3) is 4.01. The Kier molecular flexibility index (Phi) is 5.04. The molecule has 1 saturated heterocycles. The molecule has 1 amide bonds. The third-order valence-corrected chi connectivity index (χ3v) is 5.67. The number of pyridine rings is 1. The van der Waals surface area contributed by atoms with Gasteiger partial charge in [-0.25, -0.2) is 15.0 Å². The summed E-state index contributed by atoms with van der Waals surface area (Å²) in [6, 6.07) is 6.55. The molecule has 28 heavy (non-hydrogen) atoms. The number of nitrogens with zero attached hydrogens (tertiary/aromatic N) is 4. The van der Waals surface area contributed by atoms with Crippen molar-refractivity contribution in [3.63, 3.8) is 0 Å². The summed E-state index contributed by atoms with van der Waals surface area (Å²) in [6.07, 6.45) is 4.53. The van der Waals surface area contributed by atoms with Gasteiger partial charge >= 0.3 is 0 Å². The van der Waals surface area contributed by atoms with Crippen LogP contribution in [0.15, 0.2) is 36.7 Å². The van der Waals surface area contributed by atoms with Gasteiger partial charge in [-0.3, -0.25) is 4.79 Å². The van der Waals surface area contributed by atoms with Crippen LogP contribution in [0.3, 0.4) is 0 Å². The van der Waals surface area contributed by atoms with E-state index in [0.717, 1.165) is 29.1 Å². The van der Waals surface area contributed by atoms with Crippen LogP contribution in [0, 0.1) is 18.0 Å². The van der Waals surface area contributed by atoms with Crippen LogP contribution >= 0.6 is 11.3 Å². The first-order valence-electron chi connectivity index (χ1n) is 9.04. The molecule has 0 spiro atoms. The number of aryl methyl sites for hydroxylation is 1. The largest absolute Gasteiger partial charge is 0.397 e. The zero-order valence-electron chi connectivity index (χ0n) is 15.4. The molecule has 0 radical (unpaired) electrons. The Balaban J connectivity index is 1.36. The first-order chi connectivity index (χ1) is 13.5. The second-order valence-electron chi connectivity index (χ2n) is 7.06. The molecule has 0 aliphatic carbocycles. The zero-order chi connectivity index (χ0) is 19.7. The molecule has 2 N–H and O–H groups in total. The Morgan fingerprint density at radius 3 is 2.68 bits per heavy atom. The second kappa shape index (κ2) is 7.63. The van der Waals surface area contributed by atoms with E-state index >= 15 is 0 Å². The molecule has 0 aromatic carbocycles. The third-order valence-electron chi connectivity index (χ3n) is 4.77. The van der Waals surface area contributed by atoms with E-state index in [1.165, 1.54) is 6.07 Å². The molecule has 144 valence electrons. The SMILES string of the molecule is Cc1cnc(CC2CN(C(=O)Cc3nc(-c4ccc(F)s4)ccc3N)C2)nc1. The number of rotatable bonds is 5. The number of aromatic nitrogens is 3. The summed E-state index contributed by atoms with van der Waals surface area (Å²) in [6.45, 7) is 3.33. The highest BCUT2D eigenvalue weighted by atomic mass is 32.1. The van der Waals surface area contributed by atoms with Gasteiger partial charge in [0.15, 0.2) is 5.13 Å². The van der Waals surface area contributed by atoms with Gasteiger partial charge in [0.1, 0.15) is 5.82 Å². The number of halogens is 1. The average Bonchev–Trinajstić information content (AvgIpc) is 3.07. The maximum absolute atomic E-state index is 13.3. The summed E-state index contributed by atoms with van der Waals surface area (Å²) >= 11 is 1.02. The van der Waals surface area contributed by atoms with Crippen molar-refractivity contribution in [3.8, 4) is 10.6 Å². The Morgan fingerprint density at radius 1 is 1.25 bits per heavy atom. The first-order valence-corrected chi connectivity index (χ1v) is 9.86. The molecule has 1 fully saturated rings. The molecule has 0 atom stereocenters. The van der Waals surface area contributed by atoms with Crippen LogP contribution in [0.25, 0.3) is 10.6 Å². The summed E-state index contributed by atoms with van der Waals surface area (Å²) in [5, 5.41) is -0.268. The highest BCUT2D eigenvalue weighted by molar-refractivity contribution is 7.13. The molecule has 6 nitrogen and oxygen atoms in total. The highest BCUT2D eigenvalue weighted by Gasteiger charge is 2.31. The normalized spacial score (nSPS) is 14.1. The van der Waals surface area contributed by atoms with Gasteiger partial charge in [0, 0.05) is 37.8 Å². The van der Waals surface area contributed by atoms with Gasteiger partial charge in [-0.05, 0) is 36.8 Å². The predicted molar refractivity (Wildman–Crippen MR) is 106 cm³/mol. The van der Waals surface area contributed by atoms with Crippen LogP contribution in [0.2, 0.25) is 0 Å². The Morgan fingerprint density at radius 2 is 2.00 bits per heavy atom. The summed E-state index contributed by atoms with van der Waals surface area (Å²) in [5.74, 6) is 1.18. The van der Waals surface area contributed by atoms with Crippen molar-refractivity contribution in [2.45, 2.75) is 19.8 Å². The number of thiophene rings is 1. The van der Waals surface area contributed by atoms with Crippen molar-refractivity contribution in [1.82, 2.24) is 19.9 Å². The molecule has 3 aromatic heterocycles. The van der Waals surface area contributed by atoms with E-state index in [1.807, 2.05) is 19.3 Å². The average molecular weight is 397 g/mol. The Hall–Kier alpha value is -2.87. The molecule has 0 unspecified atom stereocenters. The van der Waals surface area contributed by atoms with E-state index < -0.39 is 0 Å². The molecule has 4 heterocycles. The fourth-order valence-corrected chi connectivity index (χ4v) is 3.88. The number of anilines is 1. The van der Waals surface area contributed by atoms with E-state index in [0.29, 0.717) is 41.0 Å². The molecule has 0 saturated carbocycles. The van der Waals surface area contributed by atoms with Crippen molar-refractivity contribution in [1.29, 1.82) is 0 Å². The number of amides is 1. The minimum Gasteiger partial charge on any atom is -0.397 e. The van der Waals surface area contributed by atoms with Crippen molar-refractivity contribution < 1.29 is 9.18 Å². The smallest absolute Gasteiger partial charge is 0.228 e. The first kappa shape index (κ1) is 18.5. The van der Waals surface area contributed by atoms with Crippen molar-refractivity contribution in [2.24, 2.45) is 5.92 Å². The Bertz CT molecular complexity index is 998. The van der Waals surface area contributed by atoms with Crippen LogP contribution in [-0.4, -0.2) is 38.8 Å². The van der Waals surface area contributed by atoms with E-state index in [9.17, 15) is 9.18 Å².